The number of ether oxygens (including phenoxy) is 2. The van der Waals surface area contributed by atoms with Crippen molar-refractivity contribution < 1.29 is 14.3 Å². The molecule has 0 saturated carbocycles. The molecule has 1 saturated heterocycles. The minimum absolute atomic E-state index is 0.00354. The summed E-state index contributed by atoms with van der Waals surface area (Å²) in [6.45, 7) is 4.60. The maximum atomic E-state index is 13.7. The van der Waals surface area contributed by atoms with Gasteiger partial charge in [0, 0.05) is 25.9 Å². The van der Waals surface area contributed by atoms with E-state index in [0.29, 0.717) is 41.4 Å². The lowest BCUT2D eigenvalue weighted by Crippen LogP contribution is -2.30. The average molecular weight is 452 g/mol. The van der Waals surface area contributed by atoms with Gasteiger partial charge in [0.15, 0.2) is 11.5 Å². The Morgan fingerprint density at radius 1 is 1.12 bits per heavy atom. The van der Waals surface area contributed by atoms with Gasteiger partial charge in [-0.1, -0.05) is 6.07 Å². The van der Waals surface area contributed by atoms with Crippen molar-refractivity contribution in [2.75, 3.05) is 19.8 Å². The van der Waals surface area contributed by atoms with Crippen molar-refractivity contribution in [3.05, 3.63) is 50.4 Å². The van der Waals surface area contributed by atoms with E-state index in [-0.39, 0.29) is 17.5 Å². The summed E-state index contributed by atoms with van der Waals surface area (Å²) in [5.41, 5.74) is 1.83. The fraction of sp³-hybridized carbons (Fsp3) is 0.458. The summed E-state index contributed by atoms with van der Waals surface area (Å²) in [6, 6.07) is 6.00. The molecule has 1 amide bonds. The molecule has 0 radical (unpaired) electrons. The first-order chi connectivity index (χ1) is 15.6. The van der Waals surface area contributed by atoms with Crippen LogP contribution in [0.2, 0.25) is 0 Å². The zero-order valence-corrected chi connectivity index (χ0v) is 18.9. The van der Waals surface area contributed by atoms with Gasteiger partial charge in [-0.3, -0.25) is 14.2 Å². The van der Waals surface area contributed by atoms with E-state index in [4.69, 9.17) is 14.5 Å². The number of rotatable bonds is 2. The molecule has 0 bridgehead atoms. The first kappa shape index (κ1) is 19.8. The van der Waals surface area contributed by atoms with Gasteiger partial charge in [-0.2, -0.15) is 0 Å². The molecule has 3 aromatic rings. The molecule has 7 nitrogen and oxygen atoms in total. The highest BCUT2D eigenvalue weighted by molar-refractivity contribution is 7.20. The molecular formula is C24H25N3O4S. The standard InChI is InChI=1S/C24H25N3O4S/c1-14-20-22(25-19-6-3-10-27(19)23(20)28)32-21(14)24(29)26-9-2-5-16(26)15-7-8-17-18(13-15)31-12-4-11-30-17/h7-8,13,16H,2-6,9-12H2,1H3. The molecule has 0 N–H and O–H groups in total. The second-order valence-corrected chi connectivity index (χ2v) is 9.74. The predicted octanol–water partition coefficient (Wildman–Crippen LogP) is 3.85. The van der Waals surface area contributed by atoms with Crippen molar-refractivity contribution in [3.8, 4) is 11.5 Å². The van der Waals surface area contributed by atoms with Gasteiger partial charge in [0.2, 0.25) is 0 Å². The molecule has 6 rings (SSSR count). The van der Waals surface area contributed by atoms with Crippen molar-refractivity contribution in [1.29, 1.82) is 0 Å². The number of aromatic nitrogens is 2. The van der Waals surface area contributed by atoms with E-state index in [9.17, 15) is 9.59 Å². The van der Waals surface area contributed by atoms with Gasteiger partial charge in [0.05, 0.1) is 29.5 Å². The quantitative estimate of drug-likeness (QED) is 0.592. The van der Waals surface area contributed by atoms with Crippen LogP contribution in [0.15, 0.2) is 23.0 Å². The van der Waals surface area contributed by atoms with E-state index >= 15 is 0 Å². The third kappa shape index (κ3) is 3.03. The lowest BCUT2D eigenvalue weighted by atomic mass is 10.0. The van der Waals surface area contributed by atoms with Crippen LogP contribution in [0, 0.1) is 6.92 Å². The molecule has 3 aliphatic rings. The monoisotopic (exact) mass is 451 g/mol. The Morgan fingerprint density at radius 3 is 2.84 bits per heavy atom. The van der Waals surface area contributed by atoms with Crippen LogP contribution in [0.5, 0.6) is 11.5 Å². The highest BCUT2D eigenvalue weighted by Crippen LogP contribution is 2.40. The number of nitrogens with zero attached hydrogens (tertiary/aromatic N) is 3. The van der Waals surface area contributed by atoms with E-state index in [1.165, 1.54) is 11.3 Å². The van der Waals surface area contributed by atoms with Gasteiger partial charge in [-0.15, -0.1) is 11.3 Å². The second-order valence-electron chi connectivity index (χ2n) is 8.74. The van der Waals surface area contributed by atoms with E-state index in [2.05, 4.69) is 0 Å². The van der Waals surface area contributed by atoms with Crippen LogP contribution >= 0.6 is 11.3 Å². The number of carbonyl (C=O) groups is 1. The number of hydrogen-bond acceptors (Lipinski definition) is 6. The average Bonchev–Trinajstić information content (AvgIpc) is 3.49. The van der Waals surface area contributed by atoms with Gasteiger partial charge in [0.1, 0.15) is 10.7 Å². The summed E-state index contributed by atoms with van der Waals surface area (Å²) in [4.78, 5) is 34.7. The molecule has 0 aliphatic carbocycles. The third-order valence-electron chi connectivity index (χ3n) is 6.78. The van der Waals surface area contributed by atoms with Gasteiger partial charge < -0.3 is 14.4 Å². The number of carbonyl (C=O) groups excluding carboxylic acids is 1. The SMILES string of the molecule is Cc1c(C(=O)N2CCCC2c2ccc3c(c2)OCCCO3)sc2nc3n(c(=O)c12)CCC3. The van der Waals surface area contributed by atoms with Crippen molar-refractivity contribution in [3.63, 3.8) is 0 Å². The molecule has 5 heterocycles. The number of fused-ring (bicyclic) bond motifs is 3. The Morgan fingerprint density at radius 2 is 1.97 bits per heavy atom. The number of likely N-dealkylation sites (tertiary alicyclic amines) is 1. The smallest absolute Gasteiger partial charge is 0.264 e. The third-order valence-corrected chi connectivity index (χ3v) is 7.95. The minimum Gasteiger partial charge on any atom is -0.490 e. The number of benzene rings is 1. The van der Waals surface area contributed by atoms with E-state index in [0.717, 1.165) is 60.6 Å². The molecule has 3 aliphatic heterocycles. The molecule has 1 aromatic carbocycles. The Labute approximate surface area is 189 Å². The van der Waals surface area contributed by atoms with Crippen molar-refractivity contribution >= 4 is 27.5 Å². The lowest BCUT2D eigenvalue weighted by molar-refractivity contribution is 0.0740. The maximum Gasteiger partial charge on any atom is 0.264 e. The summed E-state index contributed by atoms with van der Waals surface area (Å²) in [5.74, 6) is 2.35. The fourth-order valence-corrected chi connectivity index (χ4v) is 6.30. The van der Waals surface area contributed by atoms with Crippen molar-refractivity contribution in [1.82, 2.24) is 14.5 Å². The van der Waals surface area contributed by atoms with Crippen LogP contribution < -0.4 is 15.0 Å². The van der Waals surface area contributed by atoms with Crippen molar-refractivity contribution in [2.24, 2.45) is 0 Å². The molecule has 8 heteroatoms. The minimum atomic E-state index is -0.0108. The van der Waals surface area contributed by atoms with Crippen molar-refractivity contribution in [2.45, 2.75) is 51.6 Å². The van der Waals surface area contributed by atoms with Crippen LogP contribution in [0.25, 0.3) is 10.2 Å². The predicted molar refractivity (Wildman–Crippen MR) is 122 cm³/mol. The second kappa shape index (κ2) is 7.62. The first-order valence-electron chi connectivity index (χ1n) is 11.3. The van der Waals surface area contributed by atoms with Crippen LogP contribution in [0.1, 0.15) is 58.3 Å². The molecule has 166 valence electrons. The Bertz CT molecular complexity index is 1290. The molecular weight excluding hydrogens is 426 g/mol. The summed E-state index contributed by atoms with van der Waals surface area (Å²) < 4.78 is 13.4. The molecule has 1 unspecified atom stereocenters. The first-order valence-corrected chi connectivity index (χ1v) is 12.2. The molecule has 32 heavy (non-hydrogen) atoms. The van der Waals surface area contributed by atoms with Gasteiger partial charge in [-0.25, -0.2) is 4.98 Å². The van der Waals surface area contributed by atoms with Crippen LogP contribution in [-0.2, 0) is 13.0 Å². The van der Waals surface area contributed by atoms with E-state index in [1.807, 2.05) is 30.0 Å². The Kier molecular flexibility index (Phi) is 4.71. The zero-order chi connectivity index (χ0) is 21.8. The number of thiophene rings is 1. The Balaban J connectivity index is 1.36. The normalized spacial score (nSPS) is 19.9. The number of hydrogen-bond donors (Lipinski definition) is 0. The van der Waals surface area contributed by atoms with E-state index < -0.39 is 0 Å². The highest BCUT2D eigenvalue weighted by atomic mass is 32.1. The fourth-order valence-electron chi connectivity index (χ4n) is 5.15. The maximum absolute atomic E-state index is 13.7. The lowest BCUT2D eigenvalue weighted by Gasteiger charge is -2.25. The summed E-state index contributed by atoms with van der Waals surface area (Å²) in [7, 11) is 0. The van der Waals surface area contributed by atoms with E-state index in [1.54, 1.807) is 4.57 Å². The largest absolute Gasteiger partial charge is 0.490 e. The van der Waals surface area contributed by atoms with Crippen LogP contribution in [-0.4, -0.2) is 40.1 Å². The summed E-state index contributed by atoms with van der Waals surface area (Å²) >= 11 is 1.36. The highest BCUT2D eigenvalue weighted by Gasteiger charge is 2.34. The summed E-state index contributed by atoms with van der Waals surface area (Å²) in [6.07, 6.45) is 4.49. The topological polar surface area (TPSA) is 73.7 Å². The molecule has 0 spiro atoms. The summed E-state index contributed by atoms with van der Waals surface area (Å²) in [5, 5.41) is 0.607. The van der Waals surface area contributed by atoms with Crippen LogP contribution in [0.4, 0.5) is 0 Å². The number of aryl methyl sites for hydroxylation is 2. The number of amides is 1. The van der Waals surface area contributed by atoms with Gasteiger partial charge in [-0.05, 0) is 49.4 Å². The zero-order valence-electron chi connectivity index (χ0n) is 18.1. The molecule has 2 aromatic heterocycles. The molecule has 1 fully saturated rings. The van der Waals surface area contributed by atoms with Gasteiger partial charge in [0.25, 0.3) is 11.5 Å². The molecule has 1 atom stereocenters. The van der Waals surface area contributed by atoms with Crippen LogP contribution in [0.3, 0.4) is 0 Å². The van der Waals surface area contributed by atoms with Gasteiger partial charge >= 0.3 is 0 Å². The Hall–Kier alpha value is -2.87.